The summed E-state index contributed by atoms with van der Waals surface area (Å²) in [4.78, 5) is 11.7. The standard InChI is InChI=1S/C12H7N3O/c16-11-7-9(8-4-2-1-3-5-8)6-10-12(11)14-15-13-10/h1-7H. The SMILES string of the molecule is O=C1C=C(c2ccccc2)C=C2N=NN=C12. The average molecular weight is 209 g/mol. The molecule has 0 aromatic heterocycles. The van der Waals surface area contributed by atoms with Gasteiger partial charge in [-0.2, -0.15) is 0 Å². The molecule has 1 aliphatic heterocycles. The third-order valence-corrected chi connectivity index (χ3v) is 2.46. The van der Waals surface area contributed by atoms with E-state index < -0.39 is 0 Å². The highest BCUT2D eigenvalue weighted by Crippen LogP contribution is 2.25. The summed E-state index contributed by atoms with van der Waals surface area (Å²) in [6.45, 7) is 0. The zero-order valence-corrected chi connectivity index (χ0v) is 8.29. The summed E-state index contributed by atoms with van der Waals surface area (Å²) < 4.78 is 0. The maximum absolute atomic E-state index is 11.7. The molecule has 1 aliphatic carbocycles. The summed E-state index contributed by atoms with van der Waals surface area (Å²) in [5.74, 6) is -0.138. The summed E-state index contributed by atoms with van der Waals surface area (Å²) >= 11 is 0. The van der Waals surface area contributed by atoms with Crippen LogP contribution in [0.3, 0.4) is 0 Å². The molecule has 0 bridgehead atoms. The monoisotopic (exact) mass is 209 g/mol. The topological polar surface area (TPSA) is 54.1 Å². The van der Waals surface area contributed by atoms with Crippen LogP contribution in [0.1, 0.15) is 5.56 Å². The van der Waals surface area contributed by atoms with Crippen molar-refractivity contribution in [3.63, 3.8) is 0 Å². The number of carbonyl (C=O) groups excluding carboxylic acids is 1. The minimum atomic E-state index is -0.138. The molecule has 0 atom stereocenters. The second-order valence-electron chi connectivity index (χ2n) is 3.50. The van der Waals surface area contributed by atoms with E-state index in [1.54, 1.807) is 6.08 Å². The van der Waals surface area contributed by atoms with Gasteiger partial charge in [0.2, 0.25) is 5.78 Å². The number of ketones is 1. The fourth-order valence-electron chi connectivity index (χ4n) is 1.68. The van der Waals surface area contributed by atoms with Gasteiger partial charge in [-0.05, 0) is 28.5 Å². The zero-order chi connectivity index (χ0) is 11.0. The summed E-state index contributed by atoms with van der Waals surface area (Å²) in [5.41, 5.74) is 2.72. The molecular weight excluding hydrogens is 202 g/mol. The van der Waals surface area contributed by atoms with E-state index in [9.17, 15) is 4.79 Å². The van der Waals surface area contributed by atoms with Gasteiger partial charge in [-0.25, -0.2) is 0 Å². The van der Waals surface area contributed by atoms with Gasteiger partial charge in [0.15, 0.2) is 5.71 Å². The Hall–Kier alpha value is -2.36. The number of nitrogens with zero attached hydrogens (tertiary/aromatic N) is 3. The van der Waals surface area contributed by atoms with Gasteiger partial charge >= 0.3 is 0 Å². The van der Waals surface area contributed by atoms with Crippen molar-refractivity contribution >= 4 is 17.1 Å². The molecule has 2 aliphatic rings. The Balaban J connectivity index is 2.09. The number of fused-ring (bicyclic) bond motifs is 1. The maximum Gasteiger partial charge on any atom is 0.209 e. The minimum Gasteiger partial charge on any atom is -0.287 e. The van der Waals surface area contributed by atoms with E-state index in [2.05, 4.69) is 15.4 Å². The van der Waals surface area contributed by atoms with Crippen molar-refractivity contribution < 1.29 is 4.79 Å². The molecule has 1 heterocycles. The average Bonchev–Trinajstić information content (AvgIpc) is 2.79. The van der Waals surface area contributed by atoms with E-state index >= 15 is 0 Å². The normalized spacial score (nSPS) is 17.8. The molecule has 1 aromatic carbocycles. The molecule has 4 heteroatoms. The lowest BCUT2D eigenvalue weighted by Crippen LogP contribution is -2.15. The molecule has 1 aromatic rings. The molecule has 16 heavy (non-hydrogen) atoms. The van der Waals surface area contributed by atoms with Crippen molar-refractivity contribution in [3.05, 3.63) is 53.7 Å². The first kappa shape index (κ1) is 8.91. The molecule has 0 amide bonds. The predicted molar refractivity (Wildman–Crippen MR) is 59.8 cm³/mol. The molecular formula is C12H7N3O. The molecule has 0 saturated carbocycles. The van der Waals surface area contributed by atoms with Crippen LogP contribution in [-0.4, -0.2) is 11.5 Å². The number of carbonyl (C=O) groups is 1. The summed E-state index contributed by atoms with van der Waals surface area (Å²) in [5, 5.41) is 11.0. The van der Waals surface area contributed by atoms with E-state index in [4.69, 9.17) is 0 Å². The quantitative estimate of drug-likeness (QED) is 0.655. The van der Waals surface area contributed by atoms with Crippen molar-refractivity contribution in [3.8, 4) is 0 Å². The summed E-state index contributed by atoms with van der Waals surface area (Å²) in [6, 6.07) is 9.69. The highest BCUT2D eigenvalue weighted by Gasteiger charge is 2.24. The van der Waals surface area contributed by atoms with E-state index in [1.165, 1.54) is 0 Å². The Morgan fingerprint density at radius 2 is 1.81 bits per heavy atom. The highest BCUT2D eigenvalue weighted by atomic mass is 16.1. The Labute approximate surface area is 91.7 Å². The first-order valence-electron chi connectivity index (χ1n) is 4.87. The van der Waals surface area contributed by atoms with Gasteiger partial charge in [-0.15, -0.1) is 10.2 Å². The van der Waals surface area contributed by atoms with Gasteiger partial charge in [0, 0.05) is 0 Å². The van der Waals surface area contributed by atoms with Crippen LogP contribution in [0.2, 0.25) is 0 Å². The smallest absolute Gasteiger partial charge is 0.209 e. The minimum absolute atomic E-state index is 0.138. The van der Waals surface area contributed by atoms with Crippen LogP contribution < -0.4 is 0 Å². The van der Waals surface area contributed by atoms with Gasteiger partial charge in [-0.3, -0.25) is 4.79 Å². The van der Waals surface area contributed by atoms with Crippen LogP contribution in [0.15, 0.2) is 63.6 Å². The van der Waals surface area contributed by atoms with E-state index in [-0.39, 0.29) is 5.78 Å². The van der Waals surface area contributed by atoms with E-state index in [0.717, 1.165) is 11.1 Å². The van der Waals surface area contributed by atoms with Crippen LogP contribution in [0.4, 0.5) is 0 Å². The number of rotatable bonds is 1. The lowest BCUT2D eigenvalue weighted by molar-refractivity contribution is -0.108. The number of hydrogen-bond donors (Lipinski definition) is 0. The zero-order valence-electron chi connectivity index (χ0n) is 8.29. The second kappa shape index (κ2) is 3.34. The second-order valence-corrected chi connectivity index (χ2v) is 3.50. The van der Waals surface area contributed by atoms with Gasteiger partial charge < -0.3 is 0 Å². The molecule has 76 valence electrons. The Morgan fingerprint density at radius 1 is 1.00 bits per heavy atom. The van der Waals surface area contributed by atoms with Crippen LogP contribution in [0, 0.1) is 0 Å². The van der Waals surface area contributed by atoms with Crippen LogP contribution >= 0.6 is 0 Å². The number of allylic oxidation sites excluding steroid dienone is 4. The molecule has 4 nitrogen and oxygen atoms in total. The van der Waals surface area contributed by atoms with Gasteiger partial charge in [0.1, 0.15) is 5.70 Å². The van der Waals surface area contributed by atoms with Gasteiger partial charge in [0.05, 0.1) is 0 Å². The molecule has 0 N–H and O–H groups in total. The first-order valence-corrected chi connectivity index (χ1v) is 4.87. The molecule has 0 fully saturated rings. The van der Waals surface area contributed by atoms with Crippen molar-refractivity contribution in [2.75, 3.05) is 0 Å². The Morgan fingerprint density at radius 3 is 2.62 bits per heavy atom. The highest BCUT2D eigenvalue weighted by molar-refractivity contribution is 6.52. The van der Waals surface area contributed by atoms with Crippen LogP contribution in [0.5, 0.6) is 0 Å². The fraction of sp³-hybridized carbons (Fsp3) is 0. The third-order valence-electron chi connectivity index (χ3n) is 2.46. The van der Waals surface area contributed by atoms with Crippen molar-refractivity contribution in [2.24, 2.45) is 15.4 Å². The summed E-state index contributed by atoms with van der Waals surface area (Å²) in [7, 11) is 0. The van der Waals surface area contributed by atoms with Gasteiger partial charge in [-0.1, -0.05) is 30.3 Å². The maximum atomic E-state index is 11.7. The third kappa shape index (κ3) is 1.32. The van der Waals surface area contributed by atoms with Crippen LogP contribution in [-0.2, 0) is 4.79 Å². The molecule has 0 spiro atoms. The molecule has 0 radical (unpaired) electrons. The van der Waals surface area contributed by atoms with Gasteiger partial charge in [0.25, 0.3) is 0 Å². The van der Waals surface area contributed by atoms with Crippen molar-refractivity contribution in [1.29, 1.82) is 0 Å². The molecule has 3 rings (SSSR count). The number of benzene rings is 1. The summed E-state index contributed by atoms with van der Waals surface area (Å²) in [6.07, 6.45) is 3.39. The molecule has 0 saturated heterocycles. The number of hydrogen-bond acceptors (Lipinski definition) is 4. The molecule has 0 unspecified atom stereocenters. The van der Waals surface area contributed by atoms with Crippen molar-refractivity contribution in [1.82, 2.24) is 0 Å². The fourth-order valence-corrected chi connectivity index (χ4v) is 1.68. The lowest BCUT2D eigenvalue weighted by atomic mass is 9.96. The Kier molecular flexibility index (Phi) is 1.86. The first-order chi connectivity index (χ1) is 7.84. The Bertz CT molecular complexity index is 580. The van der Waals surface area contributed by atoms with E-state index in [1.807, 2.05) is 36.4 Å². The predicted octanol–water partition coefficient (Wildman–Crippen LogP) is 2.36. The lowest BCUT2D eigenvalue weighted by Gasteiger charge is -2.08. The van der Waals surface area contributed by atoms with E-state index in [0.29, 0.717) is 11.4 Å². The van der Waals surface area contributed by atoms with Crippen LogP contribution in [0.25, 0.3) is 5.57 Å². The largest absolute Gasteiger partial charge is 0.287 e. The van der Waals surface area contributed by atoms with Crippen molar-refractivity contribution in [2.45, 2.75) is 0 Å².